The van der Waals surface area contributed by atoms with Crippen molar-refractivity contribution in [1.29, 1.82) is 0 Å². The quantitative estimate of drug-likeness (QED) is 0.562. The Morgan fingerprint density at radius 3 is 2.86 bits per heavy atom. The number of aromatic nitrogens is 2. The van der Waals surface area contributed by atoms with Crippen molar-refractivity contribution in [2.24, 2.45) is 0 Å². The van der Waals surface area contributed by atoms with E-state index in [4.69, 9.17) is 4.98 Å². The van der Waals surface area contributed by atoms with Crippen molar-refractivity contribution >= 4 is 29.8 Å². The minimum absolute atomic E-state index is 0.0654. The summed E-state index contributed by atoms with van der Waals surface area (Å²) in [5.41, 5.74) is 6.42. The number of hydrogen-bond acceptors (Lipinski definition) is 4. The standard InChI is InChI=1S/C22H24BN4OS/c1-15-5-3-8-17(11-15)20-14-29-22(26-20)25-19(16-6-4-7-16)12-24-21(28)18-9-10-27(13-18)23-2/h3,5,8-11,13-14H,4,6-7,12H2,1-2H3,(H,24,28)(H,25,26). The maximum absolute atomic E-state index is 12.5. The second-order valence-corrected chi connectivity index (χ2v) is 8.11. The molecule has 7 heteroatoms. The first-order valence-corrected chi connectivity index (χ1v) is 10.8. The molecule has 0 bridgehead atoms. The Bertz CT molecular complexity index is 1050. The van der Waals surface area contributed by atoms with Crippen molar-refractivity contribution in [3.8, 4) is 11.3 Å². The van der Waals surface area contributed by atoms with Gasteiger partial charge in [0.15, 0.2) is 5.13 Å². The molecule has 147 valence electrons. The Morgan fingerprint density at radius 2 is 2.17 bits per heavy atom. The molecule has 0 unspecified atom stereocenters. The van der Waals surface area contributed by atoms with Crippen LogP contribution >= 0.6 is 11.3 Å². The molecular formula is C22H24BN4OS. The number of hydrogen-bond donors (Lipinski definition) is 2. The first-order valence-electron chi connectivity index (χ1n) is 9.88. The molecule has 0 saturated heterocycles. The highest BCUT2D eigenvalue weighted by Crippen LogP contribution is 2.31. The van der Waals surface area contributed by atoms with Crippen molar-refractivity contribution in [1.82, 2.24) is 14.8 Å². The Hall–Kier alpha value is -2.80. The average Bonchev–Trinajstić information content (AvgIpc) is 3.34. The highest BCUT2D eigenvalue weighted by molar-refractivity contribution is 7.14. The van der Waals surface area contributed by atoms with Crippen molar-refractivity contribution in [2.45, 2.75) is 33.0 Å². The maximum atomic E-state index is 12.5. The summed E-state index contributed by atoms with van der Waals surface area (Å²) in [5.74, 6) is -0.0654. The molecule has 2 heterocycles. The lowest BCUT2D eigenvalue weighted by atomic mass is 9.90. The number of aryl methyl sites for hydroxylation is 1. The van der Waals surface area contributed by atoms with Crippen molar-refractivity contribution in [3.05, 3.63) is 70.5 Å². The SMILES string of the molecule is C[B]n1ccc(C(=O)NCC(Nc2nc(-c3cccc(C)c3)cs2)=C2CCC2)c1. The summed E-state index contributed by atoms with van der Waals surface area (Å²) < 4.78 is 1.88. The number of carbonyl (C=O) groups excluding carboxylic acids is 1. The van der Waals surface area contributed by atoms with E-state index in [-0.39, 0.29) is 5.91 Å². The second-order valence-electron chi connectivity index (χ2n) is 7.26. The summed E-state index contributed by atoms with van der Waals surface area (Å²) in [5, 5.41) is 9.44. The summed E-state index contributed by atoms with van der Waals surface area (Å²) in [7, 11) is 1.91. The zero-order valence-corrected chi connectivity index (χ0v) is 17.6. The maximum Gasteiger partial charge on any atom is 0.253 e. The number of thiazole rings is 1. The van der Waals surface area contributed by atoms with Crippen molar-refractivity contribution in [3.63, 3.8) is 0 Å². The minimum Gasteiger partial charge on any atom is -0.402 e. The van der Waals surface area contributed by atoms with Gasteiger partial charge in [-0.15, -0.1) is 11.3 Å². The number of nitrogens with one attached hydrogen (secondary N) is 2. The van der Waals surface area contributed by atoms with Gasteiger partial charge >= 0.3 is 0 Å². The molecule has 1 amide bonds. The van der Waals surface area contributed by atoms with Crippen LogP contribution in [0.1, 0.15) is 35.2 Å². The fourth-order valence-corrected chi connectivity index (χ4v) is 4.03. The molecule has 1 fully saturated rings. The molecule has 0 aliphatic heterocycles. The molecule has 2 N–H and O–H groups in total. The number of allylic oxidation sites excluding steroid dienone is 1. The van der Waals surface area contributed by atoms with Gasteiger partial charge in [0.25, 0.3) is 5.91 Å². The van der Waals surface area contributed by atoms with Crippen LogP contribution in [0.5, 0.6) is 0 Å². The molecule has 1 radical (unpaired) electrons. The van der Waals surface area contributed by atoms with Gasteiger partial charge in [-0.25, -0.2) is 4.98 Å². The Kier molecular flexibility index (Phi) is 5.85. The first kappa shape index (κ1) is 19.5. The lowest BCUT2D eigenvalue weighted by Crippen LogP contribution is -2.29. The van der Waals surface area contributed by atoms with Gasteiger partial charge in [-0.1, -0.05) is 30.6 Å². The van der Waals surface area contributed by atoms with Gasteiger partial charge in [-0.3, -0.25) is 4.79 Å². The molecule has 29 heavy (non-hydrogen) atoms. The van der Waals surface area contributed by atoms with E-state index in [1.807, 2.05) is 37.2 Å². The van der Waals surface area contributed by atoms with E-state index >= 15 is 0 Å². The number of nitrogens with zero attached hydrogens (tertiary/aromatic N) is 2. The van der Waals surface area contributed by atoms with Gasteiger partial charge in [0.2, 0.25) is 7.41 Å². The largest absolute Gasteiger partial charge is 0.402 e. The summed E-state index contributed by atoms with van der Waals surface area (Å²) in [6, 6.07) is 10.2. The van der Waals surface area contributed by atoms with Gasteiger partial charge in [0.1, 0.15) is 0 Å². The third-order valence-electron chi connectivity index (χ3n) is 5.16. The third-order valence-corrected chi connectivity index (χ3v) is 5.92. The molecule has 0 atom stereocenters. The fourth-order valence-electron chi connectivity index (χ4n) is 3.29. The summed E-state index contributed by atoms with van der Waals surface area (Å²) in [4.78, 5) is 17.2. The lowest BCUT2D eigenvalue weighted by Gasteiger charge is -2.22. The van der Waals surface area contributed by atoms with Gasteiger partial charge in [0, 0.05) is 22.8 Å². The van der Waals surface area contributed by atoms with E-state index in [1.165, 1.54) is 17.6 Å². The highest BCUT2D eigenvalue weighted by Gasteiger charge is 2.17. The predicted octanol–water partition coefficient (Wildman–Crippen LogP) is 4.72. The van der Waals surface area contributed by atoms with Crippen LogP contribution in [0.25, 0.3) is 11.3 Å². The van der Waals surface area contributed by atoms with E-state index in [1.54, 1.807) is 11.3 Å². The van der Waals surface area contributed by atoms with Gasteiger partial charge in [-0.05, 0) is 50.1 Å². The average molecular weight is 403 g/mol. The summed E-state index contributed by atoms with van der Waals surface area (Å²) in [6.07, 6.45) is 7.07. The normalized spacial score (nSPS) is 13.0. The zero-order chi connectivity index (χ0) is 20.2. The topological polar surface area (TPSA) is 59.0 Å². The highest BCUT2D eigenvalue weighted by atomic mass is 32.1. The Labute approximate surface area is 176 Å². The molecule has 2 aromatic heterocycles. The Balaban J connectivity index is 1.44. The molecule has 1 aliphatic carbocycles. The molecular weight excluding hydrogens is 379 g/mol. The number of rotatable bonds is 7. The van der Waals surface area contributed by atoms with Crippen LogP contribution in [-0.2, 0) is 0 Å². The van der Waals surface area contributed by atoms with Crippen LogP contribution in [0.3, 0.4) is 0 Å². The van der Waals surface area contributed by atoms with Gasteiger partial charge in [-0.2, -0.15) is 0 Å². The first-order chi connectivity index (χ1) is 14.1. The summed E-state index contributed by atoms with van der Waals surface area (Å²) in [6.45, 7) is 4.50. The molecule has 1 aromatic carbocycles. The van der Waals surface area contributed by atoms with Crippen molar-refractivity contribution < 1.29 is 4.79 Å². The number of benzene rings is 1. The Morgan fingerprint density at radius 1 is 1.31 bits per heavy atom. The molecule has 1 saturated carbocycles. The third kappa shape index (κ3) is 4.62. The van der Waals surface area contributed by atoms with Crippen LogP contribution in [0.15, 0.2) is 59.4 Å². The molecule has 4 rings (SSSR count). The fraction of sp³-hybridized carbons (Fsp3) is 0.273. The lowest BCUT2D eigenvalue weighted by molar-refractivity contribution is 0.0957. The predicted molar refractivity (Wildman–Crippen MR) is 121 cm³/mol. The van der Waals surface area contributed by atoms with Gasteiger partial charge in [0.05, 0.1) is 17.8 Å². The zero-order valence-electron chi connectivity index (χ0n) is 16.7. The molecule has 5 nitrogen and oxygen atoms in total. The van der Waals surface area contributed by atoms with Crippen LogP contribution in [-0.4, -0.2) is 29.3 Å². The van der Waals surface area contributed by atoms with E-state index in [0.717, 1.165) is 34.9 Å². The summed E-state index contributed by atoms with van der Waals surface area (Å²) >= 11 is 1.59. The van der Waals surface area contributed by atoms with E-state index in [0.29, 0.717) is 12.1 Å². The molecule has 3 aromatic rings. The van der Waals surface area contributed by atoms with Crippen molar-refractivity contribution in [2.75, 3.05) is 11.9 Å². The molecule has 1 aliphatic rings. The number of anilines is 1. The second kappa shape index (κ2) is 8.70. The van der Waals surface area contributed by atoms with E-state index in [2.05, 4.69) is 47.2 Å². The van der Waals surface area contributed by atoms with Gasteiger partial charge < -0.3 is 15.1 Å². The van der Waals surface area contributed by atoms with Crippen LogP contribution in [0.2, 0.25) is 6.82 Å². The van der Waals surface area contributed by atoms with E-state index < -0.39 is 0 Å². The minimum atomic E-state index is -0.0654. The van der Waals surface area contributed by atoms with Crippen LogP contribution in [0.4, 0.5) is 5.13 Å². The number of amides is 1. The smallest absolute Gasteiger partial charge is 0.253 e. The monoisotopic (exact) mass is 403 g/mol. The van der Waals surface area contributed by atoms with Crippen LogP contribution < -0.4 is 10.6 Å². The molecule has 0 spiro atoms. The van der Waals surface area contributed by atoms with Crippen LogP contribution in [0, 0.1) is 6.92 Å². The van der Waals surface area contributed by atoms with E-state index in [9.17, 15) is 4.79 Å². The number of carbonyl (C=O) groups is 1.